The maximum absolute atomic E-state index is 13.9. The molecule has 0 spiro atoms. The van der Waals surface area contributed by atoms with Crippen LogP contribution >= 0.6 is 24.0 Å². The van der Waals surface area contributed by atoms with Crippen molar-refractivity contribution in [2.75, 3.05) is 38.3 Å². The van der Waals surface area contributed by atoms with Crippen molar-refractivity contribution in [3.63, 3.8) is 0 Å². The molecule has 1 atom stereocenters. The van der Waals surface area contributed by atoms with Gasteiger partial charge in [-0.3, -0.25) is 4.99 Å². The van der Waals surface area contributed by atoms with Crippen LogP contribution in [0.15, 0.2) is 29.5 Å². The molecule has 2 aliphatic heterocycles. The Labute approximate surface area is 186 Å². The second kappa shape index (κ2) is 10.2. The highest BCUT2D eigenvalue weighted by Crippen LogP contribution is 2.23. The molecule has 2 N–H and O–H groups in total. The van der Waals surface area contributed by atoms with Gasteiger partial charge >= 0.3 is 0 Å². The van der Waals surface area contributed by atoms with Gasteiger partial charge in [-0.1, -0.05) is 0 Å². The first-order valence-electron chi connectivity index (χ1n) is 9.68. The van der Waals surface area contributed by atoms with Gasteiger partial charge < -0.3 is 20.3 Å². The van der Waals surface area contributed by atoms with Crippen molar-refractivity contribution in [2.45, 2.75) is 32.0 Å². The van der Waals surface area contributed by atoms with E-state index in [1.165, 1.54) is 6.07 Å². The van der Waals surface area contributed by atoms with Gasteiger partial charge in [0.05, 0.1) is 19.8 Å². The summed E-state index contributed by atoms with van der Waals surface area (Å²) < 4.78 is 21.2. The average Bonchev–Trinajstić information content (AvgIpc) is 3.19. The molecule has 2 aliphatic rings. The molecule has 1 saturated heterocycles. The first-order valence-corrected chi connectivity index (χ1v) is 9.68. The van der Waals surface area contributed by atoms with Crippen molar-refractivity contribution >= 4 is 35.6 Å². The predicted octanol–water partition coefficient (Wildman–Crippen LogP) is 1.55. The van der Waals surface area contributed by atoms with Gasteiger partial charge in [-0.15, -0.1) is 24.0 Å². The Hall–Kier alpha value is -1.95. The molecule has 1 aromatic heterocycles. The third-order valence-corrected chi connectivity index (χ3v) is 5.21. The molecular weight excluding hydrogens is 488 g/mol. The fourth-order valence-electron chi connectivity index (χ4n) is 3.73. The molecule has 158 valence electrons. The SMILES string of the molecule is CN=C(NCc1cc(F)ccc1N1CCOCC1)NC1CCc2ncnn2C1.I. The summed E-state index contributed by atoms with van der Waals surface area (Å²) in [6.45, 7) is 4.27. The molecule has 4 rings (SSSR count). The van der Waals surface area contributed by atoms with Crippen LogP contribution in [0.2, 0.25) is 0 Å². The van der Waals surface area contributed by atoms with E-state index in [9.17, 15) is 4.39 Å². The van der Waals surface area contributed by atoms with Crippen LogP contribution in [0.5, 0.6) is 0 Å². The number of nitrogens with zero attached hydrogens (tertiary/aromatic N) is 5. The third kappa shape index (κ3) is 5.35. The van der Waals surface area contributed by atoms with Gasteiger partial charge in [-0.2, -0.15) is 5.10 Å². The number of hydrogen-bond acceptors (Lipinski definition) is 5. The van der Waals surface area contributed by atoms with Crippen LogP contribution in [0.4, 0.5) is 10.1 Å². The number of fused-ring (bicyclic) bond motifs is 1. The summed E-state index contributed by atoms with van der Waals surface area (Å²) in [7, 11) is 1.74. The van der Waals surface area contributed by atoms with Crippen LogP contribution in [-0.2, 0) is 24.2 Å². The molecule has 0 aliphatic carbocycles. The smallest absolute Gasteiger partial charge is 0.191 e. The fraction of sp³-hybridized carbons (Fsp3) is 0.526. The van der Waals surface area contributed by atoms with Gasteiger partial charge in [0.2, 0.25) is 0 Å². The minimum Gasteiger partial charge on any atom is -0.378 e. The largest absolute Gasteiger partial charge is 0.378 e. The van der Waals surface area contributed by atoms with Crippen molar-refractivity contribution in [1.82, 2.24) is 25.4 Å². The van der Waals surface area contributed by atoms with E-state index in [1.54, 1.807) is 19.4 Å². The Kier molecular flexibility index (Phi) is 7.64. The van der Waals surface area contributed by atoms with Crippen LogP contribution in [0.3, 0.4) is 0 Å². The standard InChI is InChI=1S/C19H26FN7O.HI/c1-21-19(25-16-3-5-18-23-13-24-27(18)12-16)22-11-14-10-15(20)2-4-17(14)26-6-8-28-9-7-26;/h2,4,10,13,16H,3,5-9,11-12H2,1H3,(H2,21,22,25);1H. The molecule has 3 heterocycles. The van der Waals surface area contributed by atoms with Crippen LogP contribution in [0.1, 0.15) is 17.8 Å². The van der Waals surface area contributed by atoms with E-state index in [0.717, 1.165) is 49.6 Å². The maximum atomic E-state index is 13.9. The highest BCUT2D eigenvalue weighted by atomic mass is 127. The molecule has 10 heteroatoms. The summed E-state index contributed by atoms with van der Waals surface area (Å²) in [4.78, 5) is 10.8. The topological polar surface area (TPSA) is 79.6 Å². The van der Waals surface area contributed by atoms with Crippen LogP contribution in [0, 0.1) is 5.82 Å². The summed E-state index contributed by atoms with van der Waals surface area (Å²) in [5.41, 5.74) is 1.95. The zero-order valence-electron chi connectivity index (χ0n) is 16.5. The van der Waals surface area contributed by atoms with E-state index < -0.39 is 0 Å². The molecule has 0 saturated carbocycles. The molecule has 1 aromatic carbocycles. The molecule has 0 amide bonds. The summed E-state index contributed by atoms with van der Waals surface area (Å²) in [5, 5.41) is 11.0. The van der Waals surface area contributed by atoms with E-state index in [0.29, 0.717) is 25.7 Å². The van der Waals surface area contributed by atoms with Crippen molar-refractivity contribution in [2.24, 2.45) is 4.99 Å². The van der Waals surface area contributed by atoms with Crippen molar-refractivity contribution < 1.29 is 9.13 Å². The summed E-state index contributed by atoms with van der Waals surface area (Å²) in [6.07, 6.45) is 3.46. The monoisotopic (exact) mass is 515 g/mol. The minimum absolute atomic E-state index is 0. The average molecular weight is 515 g/mol. The first-order chi connectivity index (χ1) is 13.7. The maximum Gasteiger partial charge on any atom is 0.191 e. The van der Waals surface area contributed by atoms with Gasteiger partial charge in [0, 0.05) is 44.8 Å². The second-order valence-corrected chi connectivity index (χ2v) is 7.04. The van der Waals surface area contributed by atoms with Crippen LogP contribution in [-0.4, -0.2) is 60.1 Å². The Morgan fingerprint density at radius 2 is 2.17 bits per heavy atom. The quantitative estimate of drug-likeness (QED) is 0.366. The highest BCUT2D eigenvalue weighted by molar-refractivity contribution is 14.0. The Balaban J connectivity index is 0.00000240. The molecule has 1 fully saturated rings. The van der Waals surface area contributed by atoms with Crippen molar-refractivity contribution in [1.29, 1.82) is 0 Å². The molecule has 29 heavy (non-hydrogen) atoms. The number of aliphatic imine (C=N–C) groups is 1. The lowest BCUT2D eigenvalue weighted by atomic mass is 10.1. The molecule has 2 aromatic rings. The normalized spacial score (nSPS) is 19.3. The number of aromatic nitrogens is 3. The highest BCUT2D eigenvalue weighted by Gasteiger charge is 2.21. The van der Waals surface area contributed by atoms with E-state index in [2.05, 4.69) is 30.6 Å². The number of ether oxygens (including phenoxy) is 1. The molecule has 1 unspecified atom stereocenters. The number of guanidine groups is 1. The lowest BCUT2D eigenvalue weighted by Gasteiger charge is -2.31. The van der Waals surface area contributed by atoms with E-state index in [-0.39, 0.29) is 35.8 Å². The van der Waals surface area contributed by atoms with Crippen molar-refractivity contribution in [3.8, 4) is 0 Å². The molecule has 0 bridgehead atoms. The van der Waals surface area contributed by atoms with Crippen molar-refractivity contribution in [3.05, 3.63) is 41.7 Å². The number of morpholine rings is 1. The molecular formula is C19H27FIN7O. The number of nitrogens with one attached hydrogen (secondary N) is 2. The van der Waals surface area contributed by atoms with Gasteiger partial charge in [0.15, 0.2) is 5.96 Å². The van der Waals surface area contributed by atoms with Gasteiger partial charge in [-0.25, -0.2) is 14.1 Å². The Morgan fingerprint density at radius 3 is 2.97 bits per heavy atom. The van der Waals surface area contributed by atoms with Gasteiger partial charge in [0.1, 0.15) is 18.0 Å². The number of hydrogen-bond donors (Lipinski definition) is 2. The van der Waals surface area contributed by atoms with Crippen LogP contribution in [0.25, 0.3) is 0 Å². The van der Waals surface area contributed by atoms with E-state index >= 15 is 0 Å². The molecule has 0 radical (unpaired) electrons. The van der Waals surface area contributed by atoms with E-state index in [4.69, 9.17) is 4.74 Å². The van der Waals surface area contributed by atoms with E-state index in [1.807, 2.05) is 10.7 Å². The lowest BCUT2D eigenvalue weighted by molar-refractivity contribution is 0.122. The minimum atomic E-state index is -0.234. The summed E-state index contributed by atoms with van der Waals surface area (Å²) in [6, 6.07) is 5.18. The van der Waals surface area contributed by atoms with Gasteiger partial charge in [-0.05, 0) is 30.2 Å². The predicted molar refractivity (Wildman–Crippen MR) is 120 cm³/mol. The zero-order chi connectivity index (χ0) is 19.3. The number of rotatable bonds is 4. The number of benzene rings is 1. The summed E-state index contributed by atoms with van der Waals surface area (Å²) in [5.74, 6) is 1.49. The first kappa shape index (κ1) is 21.8. The molecule has 8 nitrogen and oxygen atoms in total. The zero-order valence-corrected chi connectivity index (χ0v) is 18.8. The lowest BCUT2D eigenvalue weighted by Crippen LogP contribution is -2.47. The Bertz CT molecular complexity index is 838. The fourth-order valence-corrected chi connectivity index (χ4v) is 3.73. The number of aryl methyl sites for hydroxylation is 1. The third-order valence-electron chi connectivity index (χ3n) is 5.21. The van der Waals surface area contributed by atoms with Gasteiger partial charge in [0.25, 0.3) is 0 Å². The second-order valence-electron chi connectivity index (χ2n) is 7.04. The Morgan fingerprint density at radius 1 is 1.34 bits per heavy atom. The number of halogens is 2. The summed E-state index contributed by atoms with van der Waals surface area (Å²) >= 11 is 0. The number of anilines is 1. The van der Waals surface area contributed by atoms with Crippen LogP contribution < -0.4 is 15.5 Å².